The average Bonchev–Trinajstić information content (AvgIpc) is 3.12. The van der Waals surface area contributed by atoms with Gasteiger partial charge >= 0.3 is 0 Å². The first-order chi connectivity index (χ1) is 12.0. The highest BCUT2D eigenvalue weighted by molar-refractivity contribution is 5.90. The summed E-state index contributed by atoms with van der Waals surface area (Å²) in [5, 5.41) is 6.80. The second-order valence-electron chi connectivity index (χ2n) is 6.25. The van der Waals surface area contributed by atoms with Crippen LogP contribution in [0.3, 0.4) is 0 Å². The minimum Gasteiger partial charge on any atom is -0.481 e. The fraction of sp³-hybridized carbons (Fsp3) is 0.389. The van der Waals surface area contributed by atoms with Crippen molar-refractivity contribution >= 4 is 11.8 Å². The number of H-pyrrole nitrogens is 1. The van der Waals surface area contributed by atoms with Gasteiger partial charge in [0.15, 0.2) is 6.10 Å². The summed E-state index contributed by atoms with van der Waals surface area (Å²) in [6, 6.07) is 11.0. The van der Waals surface area contributed by atoms with Crippen molar-refractivity contribution < 1.29 is 14.3 Å². The zero-order chi connectivity index (χ0) is 17.8. The van der Waals surface area contributed by atoms with Crippen LogP contribution in [0.2, 0.25) is 0 Å². The van der Waals surface area contributed by atoms with Crippen LogP contribution in [-0.4, -0.2) is 46.1 Å². The molecular weight excluding hydrogens is 320 g/mol. The summed E-state index contributed by atoms with van der Waals surface area (Å²) >= 11 is 0. The molecule has 1 atom stereocenters. The highest BCUT2D eigenvalue weighted by atomic mass is 16.5. The molecule has 0 unspecified atom stereocenters. The van der Waals surface area contributed by atoms with Gasteiger partial charge in [0.25, 0.3) is 11.8 Å². The number of carbonyl (C=O) groups is 2. The van der Waals surface area contributed by atoms with E-state index in [0.717, 1.165) is 18.5 Å². The molecule has 1 aromatic carbocycles. The van der Waals surface area contributed by atoms with Crippen molar-refractivity contribution in [3.63, 3.8) is 0 Å². The maximum Gasteiger partial charge on any atom is 0.269 e. The number of hydrogen-bond acceptors (Lipinski definition) is 4. The molecule has 7 heteroatoms. The number of aromatic nitrogens is 2. The fourth-order valence-electron chi connectivity index (χ4n) is 3.09. The third-order valence-corrected chi connectivity index (χ3v) is 4.50. The number of piperidine rings is 1. The number of likely N-dealkylation sites (tertiary alicyclic amines) is 1. The Labute approximate surface area is 146 Å². The first-order valence-corrected chi connectivity index (χ1v) is 8.40. The Balaban J connectivity index is 1.54. The van der Waals surface area contributed by atoms with Gasteiger partial charge in [0, 0.05) is 24.7 Å². The van der Waals surface area contributed by atoms with E-state index in [4.69, 9.17) is 10.5 Å². The Morgan fingerprint density at radius 1 is 1.28 bits per heavy atom. The van der Waals surface area contributed by atoms with Crippen LogP contribution in [0.25, 0.3) is 0 Å². The van der Waals surface area contributed by atoms with E-state index in [-0.39, 0.29) is 17.5 Å². The number of carbonyl (C=O) groups excluding carboxylic acids is 2. The third-order valence-electron chi connectivity index (χ3n) is 4.50. The number of primary amides is 1. The normalized spacial score (nSPS) is 16.4. The number of nitrogens with zero attached hydrogens (tertiary/aromatic N) is 2. The maximum absolute atomic E-state index is 12.6. The van der Waals surface area contributed by atoms with Crippen LogP contribution in [0, 0.1) is 0 Å². The molecule has 0 radical (unpaired) electrons. The monoisotopic (exact) mass is 342 g/mol. The molecule has 0 bridgehead atoms. The van der Waals surface area contributed by atoms with Crippen molar-refractivity contribution in [3.8, 4) is 5.75 Å². The van der Waals surface area contributed by atoms with E-state index in [0.29, 0.717) is 18.8 Å². The molecular formula is C18H22N4O3. The lowest BCUT2D eigenvalue weighted by Crippen LogP contribution is -2.44. The lowest BCUT2D eigenvalue weighted by Gasteiger charge is -2.33. The molecule has 0 spiro atoms. The van der Waals surface area contributed by atoms with Crippen LogP contribution in [0.4, 0.5) is 0 Å². The Morgan fingerprint density at radius 2 is 1.96 bits per heavy atom. The number of amides is 2. The molecule has 7 nitrogen and oxygen atoms in total. The summed E-state index contributed by atoms with van der Waals surface area (Å²) in [6.45, 7) is 3.07. The minimum absolute atomic E-state index is 0.00950. The van der Waals surface area contributed by atoms with Crippen LogP contribution in [-0.2, 0) is 4.79 Å². The number of nitrogens with one attached hydrogen (secondary N) is 1. The van der Waals surface area contributed by atoms with E-state index in [2.05, 4.69) is 10.2 Å². The molecule has 2 aromatic rings. The average molecular weight is 342 g/mol. The summed E-state index contributed by atoms with van der Waals surface area (Å²) in [6.07, 6.45) is 1.10. The molecule has 2 amide bonds. The van der Waals surface area contributed by atoms with Crippen LogP contribution in [0.15, 0.2) is 36.4 Å². The third kappa shape index (κ3) is 3.99. The zero-order valence-electron chi connectivity index (χ0n) is 14.1. The van der Waals surface area contributed by atoms with Crippen molar-refractivity contribution in [1.82, 2.24) is 15.1 Å². The largest absolute Gasteiger partial charge is 0.481 e. The van der Waals surface area contributed by atoms with Gasteiger partial charge in [0.1, 0.15) is 11.4 Å². The number of ether oxygens (including phenoxy) is 1. The van der Waals surface area contributed by atoms with E-state index < -0.39 is 12.0 Å². The molecule has 132 valence electrons. The minimum atomic E-state index is -0.540. The van der Waals surface area contributed by atoms with E-state index >= 15 is 0 Å². The molecule has 3 rings (SSSR count). The predicted octanol–water partition coefficient (Wildman–Crippen LogP) is 1.68. The Bertz CT molecular complexity index is 736. The predicted molar refractivity (Wildman–Crippen MR) is 92.2 cm³/mol. The van der Waals surface area contributed by atoms with Crippen LogP contribution in [0.1, 0.15) is 41.9 Å². The molecule has 3 N–H and O–H groups in total. The van der Waals surface area contributed by atoms with Gasteiger partial charge in [-0.3, -0.25) is 14.7 Å². The second kappa shape index (κ2) is 7.38. The first kappa shape index (κ1) is 17.0. The fourth-order valence-corrected chi connectivity index (χ4v) is 3.09. The quantitative estimate of drug-likeness (QED) is 0.863. The topological polar surface area (TPSA) is 101 Å². The maximum atomic E-state index is 12.6. The Hall–Kier alpha value is -2.83. The summed E-state index contributed by atoms with van der Waals surface area (Å²) < 4.78 is 5.71. The second-order valence-corrected chi connectivity index (χ2v) is 6.25. The van der Waals surface area contributed by atoms with Gasteiger partial charge in [-0.2, -0.15) is 5.10 Å². The molecule has 1 saturated heterocycles. The number of rotatable bonds is 5. The molecule has 2 heterocycles. The van der Waals surface area contributed by atoms with Crippen molar-refractivity contribution in [2.45, 2.75) is 31.8 Å². The number of aromatic amines is 1. The van der Waals surface area contributed by atoms with Gasteiger partial charge in [-0.25, -0.2) is 0 Å². The number of nitrogens with two attached hydrogens (primary N) is 1. The van der Waals surface area contributed by atoms with E-state index in [9.17, 15) is 9.59 Å². The van der Waals surface area contributed by atoms with Crippen molar-refractivity contribution in [2.24, 2.45) is 5.73 Å². The Morgan fingerprint density at radius 3 is 2.56 bits per heavy atom. The van der Waals surface area contributed by atoms with Crippen LogP contribution >= 0.6 is 0 Å². The van der Waals surface area contributed by atoms with E-state index in [1.54, 1.807) is 13.0 Å². The van der Waals surface area contributed by atoms with E-state index in [1.165, 1.54) is 0 Å². The summed E-state index contributed by atoms with van der Waals surface area (Å²) in [7, 11) is 0. The van der Waals surface area contributed by atoms with Gasteiger partial charge in [-0.1, -0.05) is 18.2 Å². The van der Waals surface area contributed by atoms with Crippen LogP contribution < -0.4 is 10.5 Å². The number of hydrogen-bond donors (Lipinski definition) is 2. The zero-order valence-corrected chi connectivity index (χ0v) is 14.1. The molecule has 0 saturated carbocycles. The molecule has 1 aromatic heterocycles. The highest BCUT2D eigenvalue weighted by Crippen LogP contribution is 2.27. The van der Waals surface area contributed by atoms with Crippen molar-refractivity contribution in [2.75, 3.05) is 13.1 Å². The highest BCUT2D eigenvalue weighted by Gasteiger charge is 2.28. The molecule has 0 aliphatic carbocycles. The van der Waals surface area contributed by atoms with Gasteiger partial charge < -0.3 is 15.4 Å². The van der Waals surface area contributed by atoms with Crippen molar-refractivity contribution in [1.29, 1.82) is 0 Å². The van der Waals surface area contributed by atoms with E-state index in [1.807, 2.05) is 35.2 Å². The number of benzene rings is 1. The summed E-state index contributed by atoms with van der Waals surface area (Å²) in [5.41, 5.74) is 6.37. The van der Waals surface area contributed by atoms with Crippen molar-refractivity contribution in [3.05, 3.63) is 47.8 Å². The van der Waals surface area contributed by atoms with Gasteiger partial charge in [-0.05, 0) is 38.0 Å². The first-order valence-electron chi connectivity index (χ1n) is 8.40. The lowest BCUT2D eigenvalue weighted by molar-refractivity contribution is -0.139. The molecule has 1 aliphatic rings. The SMILES string of the molecule is C[C@H](Oc1ccccc1)C(=O)N1CCC(c2cc(C(N)=O)n[nH]2)CC1. The Kier molecular flexibility index (Phi) is 5.02. The molecule has 1 aliphatic heterocycles. The summed E-state index contributed by atoms with van der Waals surface area (Å²) in [5.74, 6) is 0.386. The summed E-state index contributed by atoms with van der Waals surface area (Å²) in [4.78, 5) is 25.5. The standard InChI is InChI=1S/C18H22N4O3/c1-12(25-14-5-3-2-4-6-14)18(24)22-9-7-13(8-10-22)15-11-16(17(19)23)21-20-15/h2-6,11-13H,7-10H2,1H3,(H2,19,23)(H,20,21)/t12-/m0/s1. The number of para-hydroxylation sites is 1. The smallest absolute Gasteiger partial charge is 0.269 e. The van der Waals surface area contributed by atoms with Gasteiger partial charge in [-0.15, -0.1) is 0 Å². The lowest BCUT2D eigenvalue weighted by atomic mass is 9.93. The molecule has 1 fully saturated rings. The van der Waals surface area contributed by atoms with Gasteiger partial charge in [0.05, 0.1) is 0 Å². The van der Waals surface area contributed by atoms with Crippen LogP contribution in [0.5, 0.6) is 5.75 Å². The molecule has 25 heavy (non-hydrogen) atoms. The van der Waals surface area contributed by atoms with Gasteiger partial charge in [0.2, 0.25) is 0 Å².